The molecule has 0 atom stereocenters. The quantitative estimate of drug-likeness (QED) is 0.831. The first-order valence-corrected chi connectivity index (χ1v) is 4.80. The van der Waals surface area contributed by atoms with E-state index in [1.165, 1.54) is 12.4 Å². The van der Waals surface area contributed by atoms with E-state index >= 15 is 0 Å². The molecule has 0 spiro atoms. The van der Waals surface area contributed by atoms with Crippen molar-refractivity contribution in [3.05, 3.63) is 47.9 Å². The summed E-state index contributed by atoms with van der Waals surface area (Å²) < 4.78 is 0. The predicted molar refractivity (Wildman–Crippen MR) is 59.2 cm³/mol. The van der Waals surface area contributed by atoms with Gasteiger partial charge in [0.15, 0.2) is 5.69 Å². The summed E-state index contributed by atoms with van der Waals surface area (Å²) in [5, 5.41) is 8.99. The first-order valence-electron chi connectivity index (χ1n) is 4.80. The molecule has 0 bridgehead atoms. The third kappa shape index (κ3) is 1.91. The number of hydrogen-bond acceptors (Lipinski definition) is 3. The van der Waals surface area contributed by atoms with Gasteiger partial charge in [-0.05, 0) is 13.0 Å². The maximum Gasteiger partial charge on any atom is 0.356 e. The summed E-state index contributed by atoms with van der Waals surface area (Å²) in [5.41, 5.74) is 2.21. The van der Waals surface area contributed by atoms with Gasteiger partial charge in [0.05, 0.1) is 0 Å². The van der Waals surface area contributed by atoms with Crippen molar-refractivity contribution in [2.45, 2.75) is 6.92 Å². The minimum Gasteiger partial charge on any atom is -0.476 e. The van der Waals surface area contributed by atoms with Crippen LogP contribution in [0.25, 0.3) is 11.3 Å². The van der Waals surface area contributed by atoms with Crippen LogP contribution < -0.4 is 0 Å². The first-order chi connectivity index (χ1) is 7.68. The summed E-state index contributed by atoms with van der Waals surface area (Å²) in [6.45, 7) is 1.94. The van der Waals surface area contributed by atoms with E-state index < -0.39 is 5.97 Å². The molecule has 0 aliphatic rings. The second-order valence-electron chi connectivity index (χ2n) is 3.43. The molecule has 0 saturated carbocycles. The number of carbonyl (C=O) groups is 1. The number of nitrogens with zero attached hydrogens (tertiary/aromatic N) is 2. The van der Waals surface area contributed by atoms with Crippen LogP contribution in [0.5, 0.6) is 0 Å². The van der Waals surface area contributed by atoms with Crippen LogP contribution in [0.15, 0.2) is 36.7 Å². The number of rotatable bonds is 2. The van der Waals surface area contributed by atoms with E-state index in [1.54, 1.807) is 0 Å². The molecular weight excluding hydrogens is 204 g/mol. The Labute approximate surface area is 92.6 Å². The number of benzene rings is 1. The molecule has 0 amide bonds. The highest BCUT2D eigenvalue weighted by molar-refractivity contribution is 5.92. The minimum atomic E-state index is -1.07. The van der Waals surface area contributed by atoms with Crippen LogP contribution in [-0.4, -0.2) is 21.0 Å². The molecule has 0 radical (unpaired) electrons. The van der Waals surface area contributed by atoms with Crippen LogP contribution in [0.1, 0.15) is 16.1 Å². The summed E-state index contributed by atoms with van der Waals surface area (Å²) in [5.74, 6) is -1.07. The largest absolute Gasteiger partial charge is 0.476 e. The van der Waals surface area contributed by atoms with E-state index in [4.69, 9.17) is 5.11 Å². The molecule has 1 aromatic heterocycles. The van der Waals surface area contributed by atoms with Gasteiger partial charge in [-0.2, -0.15) is 0 Å². The third-order valence-corrected chi connectivity index (χ3v) is 2.19. The van der Waals surface area contributed by atoms with Crippen LogP contribution >= 0.6 is 0 Å². The number of aromatic nitrogens is 2. The smallest absolute Gasteiger partial charge is 0.356 e. The highest BCUT2D eigenvalue weighted by Gasteiger charge is 2.13. The van der Waals surface area contributed by atoms with Crippen LogP contribution in [0.4, 0.5) is 0 Å². The summed E-state index contributed by atoms with van der Waals surface area (Å²) >= 11 is 0. The zero-order valence-electron chi connectivity index (χ0n) is 8.71. The molecule has 0 unspecified atom stereocenters. The van der Waals surface area contributed by atoms with Gasteiger partial charge >= 0.3 is 5.97 Å². The van der Waals surface area contributed by atoms with Crippen LogP contribution in [0.2, 0.25) is 0 Å². The van der Waals surface area contributed by atoms with Gasteiger partial charge in [-0.1, -0.05) is 23.8 Å². The lowest BCUT2D eigenvalue weighted by Crippen LogP contribution is -2.04. The Morgan fingerprint density at radius 1 is 1.25 bits per heavy atom. The number of carboxylic acids is 1. The fourth-order valence-electron chi connectivity index (χ4n) is 1.50. The fourth-order valence-corrected chi connectivity index (χ4v) is 1.50. The van der Waals surface area contributed by atoms with E-state index in [0.29, 0.717) is 5.69 Å². The maximum atomic E-state index is 11.0. The molecule has 0 fully saturated rings. The van der Waals surface area contributed by atoms with Crippen molar-refractivity contribution in [3.63, 3.8) is 0 Å². The lowest BCUT2D eigenvalue weighted by atomic mass is 10.1. The highest BCUT2D eigenvalue weighted by atomic mass is 16.4. The van der Waals surface area contributed by atoms with E-state index in [0.717, 1.165) is 11.1 Å². The second-order valence-corrected chi connectivity index (χ2v) is 3.43. The molecule has 4 heteroatoms. The van der Waals surface area contributed by atoms with Crippen LogP contribution in [-0.2, 0) is 0 Å². The monoisotopic (exact) mass is 214 g/mol. The number of hydrogen-bond donors (Lipinski definition) is 1. The van der Waals surface area contributed by atoms with Gasteiger partial charge in [-0.3, -0.25) is 4.98 Å². The van der Waals surface area contributed by atoms with Crippen molar-refractivity contribution in [1.82, 2.24) is 9.97 Å². The Hall–Kier alpha value is -2.23. The van der Waals surface area contributed by atoms with Crippen molar-refractivity contribution in [1.29, 1.82) is 0 Å². The number of carboxylic acid groups (broad SMARTS) is 1. The Kier molecular flexibility index (Phi) is 2.64. The van der Waals surface area contributed by atoms with Gasteiger partial charge in [0.25, 0.3) is 0 Å². The molecule has 1 aromatic carbocycles. The van der Waals surface area contributed by atoms with Crippen molar-refractivity contribution in [2.75, 3.05) is 0 Å². The van der Waals surface area contributed by atoms with Crippen molar-refractivity contribution in [2.24, 2.45) is 0 Å². The Morgan fingerprint density at radius 2 is 2.00 bits per heavy atom. The predicted octanol–water partition coefficient (Wildman–Crippen LogP) is 2.15. The van der Waals surface area contributed by atoms with Crippen molar-refractivity contribution >= 4 is 5.97 Å². The molecule has 4 nitrogen and oxygen atoms in total. The fraction of sp³-hybridized carbons (Fsp3) is 0.0833. The van der Waals surface area contributed by atoms with E-state index in [9.17, 15) is 4.79 Å². The third-order valence-electron chi connectivity index (χ3n) is 2.19. The molecule has 0 aliphatic heterocycles. The molecule has 80 valence electrons. The van der Waals surface area contributed by atoms with E-state index in [2.05, 4.69) is 9.97 Å². The Morgan fingerprint density at radius 3 is 2.69 bits per heavy atom. The molecule has 2 aromatic rings. The van der Waals surface area contributed by atoms with Gasteiger partial charge in [-0.25, -0.2) is 9.78 Å². The maximum absolute atomic E-state index is 11.0. The Bertz CT molecular complexity index is 538. The molecule has 0 saturated heterocycles. The van der Waals surface area contributed by atoms with Gasteiger partial charge in [0.2, 0.25) is 0 Å². The molecule has 2 rings (SSSR count). The summed E-state index contributed by atoms with van der Waals surface area (Å²) in [6, 6.07) is 7.52. The molecule has 1 N–H and O–H groups in total. The lowest BCUT2D eigenvalue weighted by Gasteiger charge is -2.04. The molecular formula is C12H10N2O2. The zero-order chi connectivity index (χ0) is 11.5. The van der Waals surface area contributed by atoms with Gasteiger partial charge in [0, 0.05) is 18.0 Å². The first kappa shape index (κ1) is 10.3. The highest BCUT2D eigenvalue weighted by Crippen LogP contribution is 2.20. The average molecular weight is 214 g/mol. The molecule has 1 heterocycles. The molecule has 0 aliphatic carbocycles. The Balaban J connectivity index is 2.60. The summed E-state index contributed by atoms with van der Waals surface area (Å²) in [6.07, 6.45) is 2.87. The van der Waals surface area contributed by atoms with Crippen molar-refractivity contribution in [3.8, 4) is 11.3 Å². The minimum absolute atomic E-state index is 0.0203. The standard InChI is InChI=1S/C12H10N2O2/c1-8-3-2-4-9(7-8)10-11(12(15)16)14-6-5-13-10/h2-7H,1H3,(H,15,16). The van der Waals surface area contributed by atoms with Crippen LogP contribution in [0, 0.1) is 6.92 Å². The van der Waals surface area contributed by atoms with E-state index in [-0.39, 0.29) is 5.69 Å². The molecule has 16 heavy (non-hydrogen) atoms. The summed E-state index contributed by atoms with van der Waals surface area (Å²) in [4.78, 5) is 18.9. The van der Waals surface area contributed by atoms with Crippen molar-refractivity contribution < 1.29 is 9.90 Å². The zero-order valence-corrected chi connectivity index (χ0v) is 8.71. The topological polar surface area (TPSA) is 63.1 Å². The number of aromatic carboxylic acids is 1. The van der Waals surface area contributed by atoms with Gasteiger partial charge < -0.3 is 5.11 Å². The average Bonchev–Trinajstić information content (AvgIpc) is 2.29. The van der Waals surface area contributed by atoms with E-state index in [1.807, 2.05) is 31.2 Å². The normalized spacial score (nSPS) is 10.1. The lowest BCUT2D eigenvalue weighted by molar-refractivity contribution is 0.0691. The number of aryl methyl sites for hydroxylation is 1. The van der Waals surface area contributed by atoms with Gasteiger partial charge in [-0.15, -0.1) is 0 Å². The second kappa shape index (κ2) is 4.10. The SMILES string of the molecule is Cc1cccc(-c2nccnc2C(=O)O)c1. The van der Waals surface area contributed by atoms with Crippen LogP contribution in [0.3, 0.4) is 0 Å². The van der Waals surface area contributed by atoms with Gasteiger partial charge in [0.1, 0.15) is 5.69 Å². The summed E-state index contributed by atoms with van der Waals surface area (Å²) in [7, 11) is 0.